The van der Waals surface area contributed by atoms with Crippen molar-refractivity contribution in [3.63, 3.8) is 0 Å². The fourth-order valence-electron chi connectivity index (χ4n) is 2.15. The van der Waals surface area contributed by atoms with Crippen LogP contribution in [-0.4, -0.2) is 54.1 Å². The lowest BCUT2D eigenvalue weighted by Gasteiger charge is -2.16. The van der Waals surface area contributed by atoms with Crippen molar-refractivity contribution in [3.05, 3.63) is 28.3 Å². The molecule has 0 bridgehead atoms. The second-order valence-corrected chi connectivity index (χ2v) is 8.87. The molecular formula is C13H17N3O4S3. The summed E-state index contributed by atoms with van der Waals surface area (Å²) in [5.74, 6) is 0. The molecule has 0 saturated carbocycles. The van der Waals surface area contributed by atoms with E-state index in [2.05, 4.69) is 0 Å². The highest BCUT2D eigenvalue weighted by Crippen LogP contribution is 2.34. The fourth-order valence-corrected chi connectivity index (χ4v) is 4.70. The van der Waals surface area contributed by atoms with E-state index in [1.807, 2.05) is 0 Å². The van der Waals surface area contributed by atoms with Crippen LogP contribution in [0.3, 0.4) is 0 Å². The predicted octanol–water partition coefficient (Wildman–Crippen LogP) is 2.32. The third kappa shape index (κ3) is 4.00. The zero-order valence-electron chi connectivity index (χ0n) is 12.8. The first kappa shape index (κ1) is 18.1. The van der Waals surface area contributed by atoms with Crippen molar-refractivity contribution >= 4 is 44.0 Å². The summed E-state index contributed by atoms with van der Waals surface area (Å²) in [4.78, 5) is 12.7. The predicted molar refractivity (Wildman–Crippen MR) is 93.2 cm³/mol. The monoisotopic (exact) mass is 375 g/mol. The minimum absolute atomic E-state index is 0.0498. The van der Waals surface area contributed by atoms with Crippen LogP contribution in [-0.2, 0) is 10.0 Å². The molecule has 1 aliphatic heterocycles. The van der Waals surface area contributed by atoms with Gasteiger partial charge < -0.3 is 4.90 Å². The highest BCUT2D eigenvalue weighted by molar-refractivity contribution is 8.23. The zero-order chi connectivity index (χ0) is 17.2. The number of rotatable bonds is 4. The van der Waals surface area contributed by atoms with Crippen molar-refractivity contribution in [2.75, 3.05) is 27.2 Å². The molecule has 0 amide bonds. The Hall–Kier alpha value is -1.23. The SMILES string of the molecule is CN(C)C(=S)Sc1ccc(S(=O)(=O)N2CCCC2)cc1[N+](=O)[O-]. The minimum atomic E-state index is -3.68. The Morgan fingerprint density at radius 1 is 1.35 bits per heavy atom. The maximum absolute atomic E-state index is 12.5. The molecule has 0 atom stereocenters. The van der Waals surface area contributed by atoms with Gasteiger partial charge in [-0.15, -0.1) is 0 Å². The van der Waals surface area contributed by atoms with E-state index in [0.29, 0.717) is 22.3 Å². The Morgan fingerprint density at radius 3 is 2.48 bits per heavy atom. The van der Waals surface area contributed by atoms with Crippen LogP contribution in [0.15, 0.2) is 28.0 Å². The van der Waals surface area contributed by atoms with Crippen LogP contribution in [0.5, 0.6) is 0 Å². The molecular weight excluding hydrogens is 358 g/mol. The summed E-state index contributed by atoms with van der Waals surface area (Å²) >= 11 is 6.21. The lowest BCUT2D eigenvalue weighted by atomic mass is 10.3. The molecule has 0 radical (unpaired) electrons. The maximum atomic E-state index is 12.5. The number of thiocarbonyl (C=S) groups is 1. The summed E-state index contributed by atoms with van der Waals surface area (Å²) in [6.45, 7) is 0.911. The van der Waals surface area contributed by atoms with E-state index in [1.54, 1.807) is 19.0 Å². The van der Waals surface area contributed by atoms with Crippen molar-refractivity contribution in [1.82, 2.24) is 9.21 Å². The minimum Gasteiger partial charge on any atom is -0.363 e. The first-order chi connectivity index (χ1) is 10.7. The first-order valence-corrected chi connectivity index (χ1v) is 9.57. The number of thioether (sulfide) groups is 1. The molecule has 1 heterocycles. The van der Waals surface area contributed by atoms with E-state index in [1.165, 1.54) is 16.4 Å². The molecule has 7 nitrogen and oxygen atoms in total. The quantitative estimate of drug-likeness (QED) is 0.345. The van der Waals surface area contributed by atoms with Crippen LogP contribution in [0.25, 0.3) is 0 Å². The Balaban J connectivity index is 2.39. The molecule has 1 saturated heterocycles. The summed E-state index contributed by atoms with van der Waals surface area (Å²) in [7, 11) is -0.193. The second kappa shape index (κ2) is 7.12. The Morgan fingerprint density at radius 2 is 1.96 bits per heavy atom. The molecule has 1 fully saturated rings. The average Bonchev–Trinajstić information content (AvgIpc) is 3.01. The standard InChI is InChI=1S/C13H17N3O4S3/c1-14(2)13(21)22-12-6-5-10(9-11(12)16(17)18)23(19,20)15-7-3-4-8-15/h5-6,9H,3-4,7-8H2,1-2H3. The van der Waals surface area contributed by atoms with Crippen molar-refractivity contribution in [2.24, 2.45) is 0 Å². The molecule has 10 heteroatoms. The van der Waals surface area contributed by atoms with Crippen molar-refractivity contribution in [2.45, 2.75) is 22.6 Å². The van der Waals surface area contributed by atoms with Crippen LogP contribution in [0, 0.1) is 10.1 Å². The molecule has 0 unspecified atom stereocenters. The molecule has 2 rings (SSSR count). The number of nitrogens with zero attached hydrogens (tertiary/aromatic N) is 3. The Kier molecular flexibility index (Phi) is 5.61. The highest BCUT2D eigenvalue weighted by atomic mass is 32.2. The number of hydrogen-bond acceptors (Lipinski definition) is 6. The van der Waals surface area contributed by atoms with Gasteiger partial charge in [-0.3, -0.25) is 10.1 Å². The van der Waals surface area contributed by atoms with E-state index in [0.717, 1.165) is 30.7 Å². The number of sulfonamides is 1. The van der Waals surface area contributed by atoms with Gasteiger partial charge in [-0.1, -0.05) is 24.0 Å². The Labute approximate surface area is 144 Å². The van der Waals surface area contributed by atoms with Gasteiger partial charge in [0.1, 0.15) is 4.32 Å². The number of benzene rings is 1. The lowest BCUT2D eigenvalue weighted by Crippen LogP contribution is -2.27. The molecule has 0 aliphatic carbocycles. The van der Waals surface area contributed by atoms with Gasteiger partial charge >= 0.3 is 0 Å². The summed E-state index contributed by atoms with van der Waals surface area (Å²) < 4.78 is 26.9. The first-order valence-electron chi connectivity index (χ1n) is 6.91. The summed E-state index contributed by atoms with van der Waals surface area (Å²) in [5.41, 5.74) is -0.250. The smallest absolute Gasteiger partial charge is 0.284 e. The average molecular weight is 375 g/mol. The van der Waals surface area contributed by atoms with Crippen LogP contribution in [0.2, 0.25) is 0 Å². The van der Waals surface area contributed by atoms with Crippen LogP contribution < -0.4 is 0 Å². The second-order valence-electron chi connectivity index (χ2n) is 5.26. The molecule has 23 heavy (non-hydrogen) atoms. The third-order valence-electron chi connectivity index (χ3n) is 3.39. The van der Waals surface area contributed by atoms with Gasteiger partial charge in [-0.05, 0) is 25.0 Å². The van der Waals surface area contributed by atoms with Gasteiger partial charge in [-0.2, -0.15) is 4.31 Å². The van der Waals surface area contributed by atoms with E-state index in [-0.39, 0.29) is 10.6 Å². The highest BCUT2D eigenvalue weighted by Gasteiger charge is 2.29. The maximum Gasteiger partial charge on any atom is 0.284 e. The normalized spacial score (nSPS) is 15.6. The van der Waals surface area contributed by atoms with E-state index < -0.39 is 14.9 Å². The molecule has 1 aromatic rings. The van der Waals surface area contributed by atoms with Crippen LogP contribution in [0.4, 0.5) is 5.69 Å². The molecule has 0 N–H and O–H groups in total. The van der Waals surface area contributed by atoms with E-state index in [4.69, 9.17) is 12.2 Å². The lowest BCUT2D eigenvalue weighted by molar-refractivity contribution is -0.387. The van der Waals surface area contributed by atoms with Gasteiger partial charge in [-0.25, -0.2) is 8.42 Å². The molecule has 126 valence electrons. The number of hydrogen-bond donors (Lipinski definition) is 0. The largest absolute Gasteiger partial charge is 0.363 e. The summed E-state index contributed by atoms with van der Waals surface area (Å²) in [6, 6.07) is 3.97. The number of nitro benzene ring substituents is 1. The van der Waals surface area contributed by atoms with Crippen LogP contribution >= 0.6 is 24.0 Å². The number of nitro groups is 1. The molecule has 1 aromatic carbocycles. The van der Waals surface area contributed by atoms with E-state index >= 15 is 0 Å². The summed E-state index contributed by atoms with van der Waals surface area (Å²) in [6.07, 6.45) is 1.62. The fraction of sp³-hybridized carbons (Fsp3) is 0.462. The third-order valence-corrected chi connectivity index (χ3v) is 7.01. The van der Waals surface area contributed by atoms with Crippen molar-refractivity contribution in [1.29, 1.82) is 0 Å². The van der Waals surface area contributed by atoms with Gasteiger partial charge in [0.15, 0.2) is 0 Å². The van der Waals surface area contributed by atoms with Crippen molar-refractivity contribution in [3.8, 4) is 0 Å². The molecule has 0 spiro atoms. The Bertz CT molecular complexity index is 728. The zero-order valence-corrected chi connectivity index (χ0v) is 15.2. The van der Waals surface area contributed by atoms with Crippen LogP contribution in [0.1, 0.15) is 12.8 Å². The van der Waals surface area contributed by atoms with Gasteiger partial charge in [0.2, 0.25) is 10.0 Å². The van der Waals surface area contributed by atoms with Gasteiger partial charge in [0.25, 0.3) is 5.69 Å². The van der Waals surface area contributed by atoms with E-state index in [9.17, 15) is 18.5 Å². The summed E-state index contributed by atoms with van der Waals surface area (Å²) in [5, 5.41) is 11.3. The molecule has 1 aliphatic rings. The molecule has 0 aromatic heterocycles. The van der Waals surface area contributed by atoms with Crippen molar-refractivity contribution < 1.29 is 13.3 Å². The topological polar surface area (TPSA) is 83.8 Å². The van der Waals surface area contributed by atoms with Gasteiger partial charge in [0, 0.05) is 33.3 Å². The van der Waals surface area contributed by atoms with Gasteiger partial charge in [0.05, 0.1) is 14.7 Å².